The molecule has 0 fully saturated rings. The molecule has 0 saturated heterocycles. The summed E-state index contributed by atoms with van der Waals surface area (Å²) >= 11 is 0. The molecule has 0 heterocycles. The number of fused-ring (bicyclic) bond motifs is 1. The summed E-state index contributed by atoms with van der Waals surface area (Å²) in [6.45, 7) is 8.15. The smallest absolute Gasteiger partial charge is 0.160 e. The third-order valence-electron chi connectivity index (χ3n) is 3.56. The lowest BCUT2D eigenvalue weighted by Crippen LogP contribution is -1.89. The Hall–Kier alpha value is -1.63. The number of ketones is 1. The molecule has 0 aromatic heterocycles. The fraction of sp³-hybridized carbons (Fsp3) is 0.353. The van der Waals surface area contributed by atoms with E-state index in [1.54, 1.807) is 6.92 Å². The highest BCUT2D eigenvalue weighted by Crippen LogP contribution is 2.33. The number of hydrogen-bond acceptors (Lipinski definition) is 1. The molecule has 0 unspecified atom stereocenters. The molecule has 0 N–H and O–H groups in total. The van der Waals surface area contributed by atoms with Crippen molar-refractivity contribution in [3.05, 3.63) is 47.0 Å². The van der Waals surface area contributed by atoms with Gasteiger partial charge in [-0.25, -0.2) is 0 Å². The van der Waals surface area contributed by atoms with Crippen LogP contribution in [0.5, 0.6) is 0 Å². The molecule has 18 heavy (non-hydrogen) atoms. The van der Waals surface area contributed by atoms with E-state index in [-0.39, 0.29) is 5.78 Å². The minimum Gasteiger partial charge on any atom is -0.294 e. The van der Waals surface area contributed by atoms with E-state index in [0.29, 0.717) is 5.92 Å². The standard InChI is InChI=1S/C17H20O/c1-5-13-10-17(12(4)18)16-9-7-14(11(2)3)6-8-15(13)16/h6-11H,5H2,1-4H3. The molecule has 1 heteroatoms. The zero-order valence-electron chi connectivity index (χ0n) is 11.6. The second kappa shape index (κ2) is 4.93. The van der Waals surface area contributed by atoms with E-state index >= 15 is 0 Å². The van der Waals surface area contributed by atoms with Crippen LogP contribution in [0.1, 0.15) is 55.1 Å². The van der Waals surface area contributed by atoms with Gasteiger partial charge in [0.15, 0.2) is 5.78 Å². The molecule has 0 radical (unpaired) electrons. The quantitative estimate of drug-likeness (QED) is 0.712. The molecule has 0 aromatic carbocycles. The molecule has 0 bridgehead atoms. The maximum atomic E-state index is 11.7. The van der Waals surface area contributed by atoms with E-state index in [9.17, 15) is 4.79 Å². The van der Waals surface area contributed by atoms with Crippen molar-refractivity contribution in [1.29, 1.82) is 0 Å². The first-order valence-corrected chi connectivity index (χ1v) is 6.61. The molecule has 2 aliphatic rings. The van der Waals surface area contributed by atoms with E-state index in [0.717, 1.165) is 17.5 Å². The van der Waals surface area contributed by atoms with Gasteiger partial charge in [-0.05, 0) is 47.6 Å². The van der Waals surface area contributed by atoms with Crippen LogP contribution in [0.2, 0.25) is 0 Å². The van der Waals surface area contributed by atoms with Crippen LogP contribution in [0.25, 0.3) is 11.1 Å². The number of carbonyl (C=O) groups is 1. The first kappa shape index (κ1) is 12.8. The Morgan fingerprint density at radius 1 is 1.11 bits per heavy atom. The largest absolute Gasteiger partial charge is 0.294 e. The van der Waals surface area contributed by atoms with Gasteiger partial charge in [-0.2, -0.15) is 0 Å². The predicted molar refractivity (Wildman–Crippen MR) is 76.5 cm³/mol. The molecule has 1 nitrogen and oxygen atoms in total. The molecule has 0 aromatic rings. The van der Waals surface area contributed by atoms with Gasteiger partial charge < -0.3 is 0 Å². The number of aryl methyl sites for hydroxylation is 1. The first-order chi connectivity index (χ1) is 8.54. The highest BCUT2D eigenvalue weighted by molar-refractivity contribution is 6.03. The van der Waals surface area contributed by atoms with Crippen molar-refractivity contribution >= 4 is 5.78 Å². The lowest BCUT2D eigenvalue weighted by Gasteiger charge is -1.99. The molecule has 0 aliphatic heterocycles. The summed E-state index contributed by atoms with van der Waals surface area (Å²) in [4.78, 5) is 11.7. The Labute approximate surface area is 109 Å². The number of Topliss-reactive ketones (excluding diaryl/α,β-unsaturated/α-hetero) is 1. The molecule has 2 rings (SSSR count). The van der Waals surface area contributed by atoms with Gasteiger partial charge in [0.2, 0.25) is 0 Å². The zero-order chi connectivity index (χ0) is 13.3. The molecule has 2 aliphatic carbocycles. The molecular formula is C17H20O. The summed E-state index contributed by atoms with van der Waals surface area (Å²) in [5, 5.41) is 0. The van der Waals surface area contributed by atoms with E-state index in [2.05, 4.69) is 45.0 Å². The van der Waals surface area contributed by atoms with Crippen LogP contribution in [0.4, 0.5) is 0 Å². The third-order valence-corrected chi connectivity index (χ3v) is 3.56. The van der Waals surface area contributed by atoms with Crippen LogP contribution in [0.15, 0.2) is 30.3 Å². The van der Waals surface area contributed by atoms with Crippen LogP contribution in [0.3, 0.4) is 0 Å². The Morgan fingerprint density at radius 3 is 2.22 bits per heavy atom. The normalized spacial score (nSPS) is 11.2. The van der Waals surface area contributed by atoms with Crippen LogP contribution in [-0.4, -0.2) is 5.78 Å². The van der Waals surface area contributed by atoms with Crippen LogP contribution >= 0.6 is 0 Å². The fourth-order valence-electron chi connectivity index (χ4n) is 2.41. The van der Waals surface area contributed by atoms with Crippen molar-refractivity contribution in [2.75, 3.05) is 0 Å². The lowest BCUT2D eigenvalue weighted by atomic mass is 10.1. The summed E-state index contributed by atoms with van der Waals surface area (Å²) in [7, 11) is 0. The molecule has 0 atom stereocenters. The van der Waals surface area contributed by atoms with Gasteiger partial charge in [-0.3, -0.25) is 4.79 Å². The van der Waals surface area contributed by atoms with Crippen molar-refractivity contribution in [2.45, 2.75) is 40.0 Å². The average molecular weight is 240 g/mol. The van der Waals surface area contributed by atoms with E-state index < -0.39 is 0 Å². The van der Waals surface area contributed by atoms with Crippen LogP contribution in [-0.2, 0) is 6.42 Å². The molecule has 0 saturated carbocycles. The SMILES string of the molecule is CCc1cc(C(C)=O)c2ccc(C(C)C)ccc1-2. The van der Waals surface area contributed by atoms with Gasteiger partial charge in [-0.15, -0.1) is 0 Å². The Balaban J connectivity index is 2.68. The van der Waals surface area contributed by atoms with E-state index in [1.165, 1.54) is 16.7 Å². The van der Waals surface area contributed by atoms with Crippen molar-refractivity contribution < 1.29 is 4.79 Å². The van der Waals surface area contributed by atoms with Crippen LogP contribution < -0.4 is 0 Å². The Morgan fingerprint density at radius 2 is 1.72 bits per heavy atom. The van der Waals surface area contributed by atoms with Crippen LogP contribution in [0, 0.1) is 0 Å². The van der Waals surface area contributed by atoms with Gasteiger partial charge in [0, 0.05) is 5.56 Å². The second-order valence-corrected chi connectivity index (χ2v) is 5.14. The first-order valence-electron chi connectivity index (χ1n) is 6.61. The highest BCUT2D eigenvalue weighted by atomic mass is 16.1. The van der Waals surface area contributed by atoms with Crippen molar-refractivity contribution in [3.8, 4) is 11.1 Å². The molecule has 0 amide bonds. The number of carbonyl (C=O) groups excluding carboxylic acids is 1. The Kier molecular flexibility index (Phi) is 3.51. The minimum atomic E-state index is 0.150. The zero-order valence-corrected chi connectivity index (χ0v) is 11.6. The molecular weight excluding hydrogens is 220 g/mol. The van der Waals surface area contributed by atoms with Gasteiger partial charge in [0.25, 0.3) is 0 Å². The monoisotopic (exact) mass is 240 g/mol. The summed E-state index contributed by atoms with van der Waals surface area (Å²) < 4.78 is 0. The topological polar surface area (TPSA) is 17.1 Å². The summed E-state index contributed by atoms with van der Waals surface area (Å²) in [6.07, 6.45) is 0.963. The fourth-order valence-corrected chi connectivity index (χ4v) is 2.41. The van der Waals surface area contributed by atoms with E-state index in [1.807, 2.05) is 6.07 Å². The van der Waals surface area contributed by atoms with Gasteiger partial charge in [0.1, 0.15) is 0 Å². The third kappa shape index (κ3) is 2.17. The van der Waals surface area contributed by atoms with Crippen molar-refractivity contribution in [1.82, 2.24) is 0 Å². The number of hydrogen-bond donors (Lipinski definition) is 0. The van der Waals surface area contributed by atoms with Crippen molar-refractivity contribution in [2.24, 2.45) is 0 Å². The molecule has 0 spiro atoms. The summed E-state index contributed by atoms with van der Waals surface area (Å²) in [5.74, 6) is 0.657. The van der Waals surface area contributed by atoms with Gasteiger partial charge in [0.05, 0.1) is 0 Å². The average Bonchev–Trinajstić information content (AvgIpc) is 2.52. The number of rotatable bonds is 3. The van der Waals surface area contributed by atoms with Gasteiger partial charge in [-0.1, -0.05) is 45.0 Å². The predicted octanol–water partition coefficient (Wildman–Crippen LogP) is 4.68. The Bertz CT molecular complexity index is 552. The summed E-state index contributed by atoms with van der Waals surface area (Å²) in [6, 6.07) is 10.6. The van der Waals surface area contributed by atoms with Gasteiger partial charge >= 0.3 is 0 Å². The lowest BCUT2D eigenvalue weighted by molar-refractivity contribution is 0.101. The highest BCUT2D eigenvalue weighted by Gasteiger charge is 2.16. The second-order valence-electron chi connectivity index (χ2n) is 5.14. The molecule has 94 valence electrons. The maximum Gasteiger partial charge on any atom is 0.160 e. The minimum absolute atomic E-state index is 0.150. The van der Waals surface area contributed by atoms with Crippen molar-refractivity contribution in [3.63, 3.8) is 0 Å². The van der Waals surface area contributed by atoms with E-state index in [4.69, 9.17) is 0 Å². The summed E-state index contributed by atoms with van der Waals surface area (Å²) in [5.41, 5.74) is 5.73. The maximum absolute atomic E-state index is 11.7.